The molecule has 0 radical (unpaired) electrons. The molecule has 3 N–H and O–H groups in total. The molecule has 0 aromatic heterocycles. The zero-order valence-electron chi connectivity index (χ0n) is 12.1. The van der Waals surface area contributed by atoms with E-state index in [9.17, 15) is 16.8 Å². The van der Waals surface area contributed by atoms with Crippen LogP contribution in [0.3, 0.4) is 0 Å². The van der Waals surface area contributed by atoms with Crippen LogP contribution in [0.4, 0.5) is 0 Å². The van der Waals surface area contributed by atoms with E-state index in [2.05, 4.69) is 9.44 Å². The number of aliphatic hydroxyl groups excluding tert-OH is 1. The SMILES string of the molecule is CNS(=O)(=O)c1ccccc1S(=O)(=O)NC(C)C(C)CO. The maximum atomic E-state index is 12.4. The standard InChI is InChI=1S/C12H20N2O5S2/c1-9(8-15)10(2)14-21(18,19)12-7-5-4-6-11(12)20(16,17)13-3/h4-7,9-10,13-15H,8H2,1-3H3. The Bertz CT molecular complexity index is 685. The van der Waals surface area contributed by atoms with Gasteiger partial charge in [-0.15, -0.1) is 0 Å². The molecule has 0 fully saturated rings. The second-order valence-electron chi connectivity index (χ2n) is 4.72. The fourth-order valence-electron chi connectivity index (χ4n) is 1.59. The van der Waals surface area contributed by atoms with Gasteiger partial charge in [-0.2, -0.15) is 0 Å². The smallest absolute Gasteiger partial charge is 0.242 e. The van der Waals surface area contributed by atoms with Gasteiger partial charge in [0.25, 0.3) is 0 Å². The second-order valence-corrected chi connectivity index (χ2v) is 8.26. The van der Waals surface area contributed by atoms with Gasteiger partial charge in [0.15, 0.2) is 0 Å². The van der Waals surface area contributed by atoms with Gasteiger partial charge < -0.3 is 5.11 Å². The quantitative estimate of drug-likeness (QED) is 0.643. The summed E-state index contributed by atoms with van der Waals surface area (Å²) in [7, 11) is -6.70. The van der Waals surface area contributed by atoms with Crippen molar-refractivity contribution >= 4 is 20.0 Å². The first kappa shape index (κ1) is 18.1. The Labute approximate surface area is 125 Å². The first-order chi connectivity index (χ1) is 9.65. The van der Waals surface area contributed by atoms with E-state index in [0.717, 1.165) is 0 Å². The predicted molar refractivity (Wildman–Crippen MR) is 78.7 cm³/mol. The van der Waals surface area contributed by atoms with Crippen LogP contribution in [0, 0.1) is 5.92 Å². The molecule has 0 amide bonds. The van der Waals surface area contributed by atoms with Crippen molar-refractivity contribution in [3.8, 4) is 0 Å². The van der Waals surface area contributed by atoms with E-state index in [-0.39, 0.29) is 22.3 Å². The summed E-state index contributed by atoms with van der Waals surface area (Å²) in [6, 6.07) is 4.81. The molecule has 0 saturated carbocycles. The average molecular weight is 336 g/mol. The molecule has 1 aromatic carbocycles. The summed E-state index contributed by atoms with van der Waals surface area (Å²) in [5.41, 5.74) is 0. The lowest BCUT2D eigenvalue weighted by molar-refractivity contribution is 0.216. The third-order valence-electron chi connectivity index (χ3n) is 3.18. The minimum Gasteiger partial charge on any atom is -0.396 e. The number of hydrogen-bond donors (Lipinski definition) is 3. The van der Waals surface area contributed by atoms with E-state index in [1.54, 1.807) is 13.8 Å². The van der Waals surface area contributed by atoms with Gasteiger partial charge >= 0.3 is 0 Å². The van der Waals surface area contributed by atoms with E-state index < -0.39 is 26.1 Å². The molecule has 2 unspecified atom stereocenters. The van der Waals surface area contributed by atoms with Gasteiger partial charge in [0.05, 0.1) is 0 Å². The Morgan fingerprint density at radius 3 is 1.95 bits per heavy atom. The Morgan fingerprint density at radius 1 is 1.05 bits per heavy atom. The van der Waals surface area contributed by atoms with Gasteiger partial charge in [-0.25, -0.2) is 26.3 Å². The molecule has 1 aromatic rings. The summed E-state index contributed by atoms with van der Waals surface area (Å²) < 4.78 is 53.0. The molecule has 0 heterocycles. The molecular weight excluding hydrogens is 316 g/mol. The van der Waals surface area contributed by atoms with Gasteiger partial charge in [0, 0.05) is 12.6 Å². The highest BCUT2D eigenvalue weighted by Gasteiger charge is 2.27. The summed E-state index contributed by atoms with van der Waals surface area (Å²) in [4.78, 5) is -0.639. The van der Waals surface area contributed by atoms with Crippen LogP contribution in [0.25, 0.3) is 0 Å². The lowest BCUT2D eigenvalue weighted by Gasteiger charge is -2.20. The summed E-state index contributed by atoms with van der Waals surface area (Å²) in [5, 5.41) is 9.05. The number of sulfonamides is 2. The lowest BCUT2D eigenvalue weighted by atomic mass is 10.1. The minimum absolute atomic E-state index is 0.180. The monoisotopic (exact) mass is 336 g/mol. The fraction of sp³-hybridized carbons (Fsp3) is 0.500. The molecule has 0 aliphatic heterocycles. The Morgan fingerprint density at radius 2 is 1.52 bits per heavy atom. The van der Waals surface area contributed by atoms with E-state index >= 15 is 0 Å². The van der Waals surface area contributed by atoms with Crippen LogP contribution < -0.4 is 9.44 Å². The molecular formula is C12H20N2O5S2. The highest BCUT2D eigenvalue weighted by atomic mass is 32.2. The Balaban J connectivity index is 3.28. The average Bonchev–Trinajstić information content (AvgIpc) is 2.45. The number of rotatable bonds is 7. The normalized spacial score (nSPS) is 15.6. The van der Waals surface area contributed by atoms with Crippen molar-refractivity contribution in [3.63, 3.8) is 0 Å². The van der Waals surface area contributed by atoms with Gasteiger partial charge in [0.1, 0.15) is 9.79 Å². The minimum atomic E-state index is -4.02. The molecule has 7 nitrogen and oxygen atoms in total. The first-order valence-electron chi connectivity index (χ1n) is 6.31. The largest absolute Gasteiger partial charge is 0.396 e. The van der Waals surface area contributed by atoms with Crippen LogP contribution in [0.1, 0.15) is 13.8 Å². The fourth-order valence-corrected chi connectivity index (χ4v) is 4.49. The van der Waals surface area contributed by atoms with Crippen LogP contribution in [-0.4, -0.2) is 41.6 Å². The zero-order valence-corrected chi connectivity index (χ0v) is 13.7. The van der Waals surface area contributed by atoms with Crippen molar-refractivity contribution in [1.29, 1.82) is 0 Å². The number of hydrogen-bond acceptors (Lipinski definition) is 5. The molecule has 0 spiro atoms. The summed E-state index contributed by atoms with van der Waals surface area (Å²) >= 11 is 0. The molecule has 0 aliphatic rings. The van der Waals surface area contributed by atoms with E-state index in [4.69, 9.17) is 5.11 Å². The van der Waals surface area contributed by atoms with Gasteiger partial charge in [-0.05, 0) is 32.0 Å². The summed E-state index contributed by atoms with van der Waals surface area (Å²) in [6.07, 6.45) is 0. The molecule has 120 valence electrons. The van der Waals surface area contributed by atoms with Crippen molar-refractivity contribution in [3.05, 3.63) is 24.3 Å². The van der Waals surface area contributed by atoms with Crippen molar-refractivity contribution in [1.82, 2.24) is 9.44 Å². The molecule has 2 atom stereocenters. The van der Waals surface area contributed by atoms with E-state index in [0.29, 0.717) is 0 Å². The Kier molecular flexibility index (Phi) is 5.88. The van der Waals surface area contributed by atoms with Crippen LogP contribution in [0.15, 0.2) is 34.1 Å². The highest BCUT2D eigenvalue weighted by molar-refractivity contribution is 7.92. The van der Waals surface area contributed by atoms with Crippen molar-refractivity contribution in [2.45, 2.75) is 29.7 Å². The summed E-state index contributed by atoms with van der Waals surface area (Å²) in [6.45, 7) is 3.11. The molecule has 1 rings (SSSR count). The maximum Gasteiger partial charge on any atom is 0.242 e. The van der Waals surface area contributed by atoms with Crippen LogP contribution in [-0.2, 0) is 20.0 Å². The number of nitrogens with one attached hydrogen (secondary N) is 2. The van der Waals surface area contributed by atoms with Gasteiger partial charge in [0.2, 0.25) is 20.0 Å². The molecule has 0 aliphatic carbocycles. The van der Waals surface area contributed by atoms with E-state index in [1.165, 1.54) is 31.3 Å². The van der Waals surface area contributed by atoms with Crippen molar-refractivity contribution in [2.75, 3.05) is 13.7 Å². The number of benzene rings is 1. The third kappa shape index (κ3) is 4.24. The van der Waals surface area contributed by atoms with Gasteiger partial charge in [-0.3, -0.25) is 0 Å². The first-order valence-corrected chi connectivity index (χ1v) is 9.28. The molecule has 9 heteroatoms. The predicted octanol–water partition coefficient (Wildman–Crippen LogP) is -0.110. The van der Waals surface area contributed by atoms with Crippen LogP contribution in [0.5, 0.6) is 0 Å². The van der Waals surface area contributed by atoms with Gasteiger partial charge in [-0.1, -0.05) is 19.1 Å². The topological polar surface area (TPSA) is 113 Å². The molecule has 0 saturated heterocycles. The maximum absolute atomic E-state index is 12.4. The number of aliphatic hydroxyl groups is 1. The van der Waals surface area contributed by atoms with Crippen molar-refractivity contribution < 1.29 is 21.9 Å². The molecule has 0 bridgehead atoms. The van der Waals surface area contributed by atoms with Crippen LogP contribution in [0.2, 0.25) is 0 Å². The summed E-state index contributed by atoms with van der Waals surface area (Å²) in [5.74, 6) is -0.298. The molecule has 21 heavy (non-hydrogen) atoms. The van der Waals surface area contributed by atoms with E-state index in [1.807, 2.05) is 0 Å². The van der Waals surface area contributed by atoms with Crippen molar-refractivity contribution in [2.24, 2.45) is 5.92 Å². The highest BCUT2D eigenvalue weighted by Crippen LogP contribution is 2.21. The Hall–Kier alpha value is -1.00. The third-order valence-corrected chi connectivity index (χ3v) is 6.40. The van der Waals surface area contributed by atoms with Crippen LogP contribution >= 0.6 is 0 Å². The zero-order chi connectivity index (χ0) is 16.3. The second kappa shape index (κ2) is 6.84. The lowest BCUT2D eigenvalue weighted by Crippen LogP contribution is -2.39.